The summed E-state index contributed by atoms with van der Waals surface area (Å²) in [6.45, 7) is 0.429. The number of carbonyl (C=O) groups excluding carboxylic acids is 1. The van der Waals surface area contributed by atoms with Gasteiger partial charge in [-0.15, -0.1) is 0 Å². The van der Waals surface area contributed by atoms with Crippen LogP contribution in [0.4, 0.5) is 4.39 Å². The van der Waals surface area contributed by atoms with Crippen LogP contribution in [0.15, 0.2) is 53.6 Å². The van der Waals surface area contributed by atoms with E-state index in [2.05, 4.69) is 21.5 Å². The van der Waals surface area contributed by atoms with Gasteiger partial charge in [0.2, 0.25) is 5.91 Å². The predicted molar refractivity (Wildman–Crippen MR) is 122 cm³/mol. The van der Waals surface area contributed by atoms with Crippen LogP contribution < -0.4 is 5.43 Å². The molecule has 0 spiro atoms. The first-order valence-electron chi connectivity index (χ1n) is 10.6. The number of halogens is 2. The van der Waals surface area contributed by atoms with Gasteiger partial charge in [-0.3, -0.25) is 15.1 Å². The van der Waals surface area contributed by atoms with Gasteiger partial charge in [0.1, 0.15) is 5.82 Å². The Morgan fingerprint density at radius 2 is 1.94 bits per heavy atom. The van der Waals surface area contributed by atoms with E-state index in [0.717, 1.165) is 52.8 Å². The number of nitrogens with zero attached hydrogens (tertiary/aromatic N) is 3. The molecule has 3 unspecified atom stereocenters. The van der Waals surface area contributed by atoms with Gasteiger partial charge in [0.25, 0.3) is 0 Å². The van der Waals surface area contributed by atoms with Crippen molar-refractivity contribution in [2.24, 2.45) is 11.0 Å². The van der Waals surface area contributed by atoms with Gasteiger partial charge in [0, 0.05) is 23.4 Å². The van der Waals surface area contributed by atoms with Gasteiger partial charge in [-0.1, -0.05) is 60.5 Å². The summed E-state index contributed by atoms with van der Waals surface area (Å²) in [4.78, 5) is 17.6. The molecule has 0 bridgehead atoms. The number of fused-ring (bicyclic) bond motifs is 3. The molecule has 1 amide bonds. The Bertz CT molecular complexity index is 1000. The Kier molecular flexibility index (Phi) is 5.80. The van der Waals surface area contributed by atoms with Crippen LogP contribution >= 0.6 is 23.4 Å². The highest BCUT2D eigenvalue weighted by Gasteiger charge is 2.50. The van der Waals surface area contributed by atoms with Crippen LogP contribution in [0.25, 0.3) is 0 Å². The maximum absolute atomic E-state index is 13.4. The fraction of sp³-hybridized carbons (Fsp3) is 0.391. The minimum absolute atomic E-state index is 0.0256. The number of thioether (sulfide) groups is 1. The lowest BCUT2D eigenvalue weighted by atomic mass is 9.81. The molecule has 2 heterocycles. The predicted octanol–water partition coefficient (Wildman–Crippen LogP) is 4.77. The third-order valence-electron chi connectivity index (χ3n) is 6.27. The topological polar surface area (TPSA) is 47.9 Å². The minimum Gasteiger partial charge on any atom is -0.307 e. The molecule has 1 saturated carbocycles. The molecule has 3 aliphatic rings. The largest absolute Gasteiger partial charge is 0.307 e. The molecule has 5 rings (SSSR count). The lowest BCUT2D eigenvalue weighted by Gasteiger charge is -2.50. The van der Waals surface area contributed by atoms with Crippen LogP contribution in [-0.4, -0.2) is 33.2 Å². The average molecular weight is 459 g/mol. The zero-order valence-electron chi connectivity index (χ0n) is 17.0. The number of hydrazone groups is 1. The number of nitrogens with one attached hydrogen (secondary N) is 1. The maximum Gasteiger partial charge on any atom is 0.231 e. The molecule has 31 heavy (non-hydrogen) atoms. The van der Waals surface area contributed by atoms with Gasteiger partial charge >= 0.3 is 0 Å². The van der Waals surface area contributed by atoms with Crippen molar-refractivity contribution in [1.82, 2.24) is 15.2 Å². The summed E-state index contributed by atoms with van der Waals surface area (Å²) in [5.74, 6) is 0.624. The molecule has 5 nitrogen and oxygen atoms in total. The van der Waals surface area contributed by atoms with E-state index in [9.17, 15) is 9.18 Å². The van der Waals surface area contributed by atoms with Crippen LogP contribution in [0.2, 0.25) is 5.02 Å². The Balaban J connectivity index is 1.38. The van der Waals surface area contributed by atoms with Crippen molar-refractivity contribution in [2.75, 3.05) is 0 Å². The highest BCUT2D eigenvalue weighted by atomic mass is 35.5. The molecule has 1 N–H and O–H groups in total. The molecule has 3 atom stereocenters. The summed E-state index contributed by atoms with van der Waals surface area (Å²) < 4.78 is 13.3. The van der Waals surface area contributed by atoms with Crippen LogP contribution in [0, 0.1) is 11.7 Å². The van der Waals surface area contributed by atoms with Crippen molar-refractivity contribution in [3.63, 3.8) is 0 Å². The number of hydrogen-bond acceptors (Lipinski definition) is 5. The summed E-state index contributed by atoms with van der Waals surface area (Å²) in [6, 6.07) is 14.4. The van der Waals surface area contributed by atoms with Crippen LogP contribution in [0.3, 0.4) is 0 Å². The van der Waals surface area contributed by atoms with Crippen LogP contribution in [0.5, 0.6) is 0 Å². The molecule has 0 radical (unpaired) electrons. The summed E-state index contributed by atoms with van der Waals surface area (Å²) in [5.41, 5.74) is 5.25. The molecule has 162 valence electrons. The van der Waals surface area contributed by atoms with Gasteiger partial charge in [0.05, 0.1) is 5.92 Å². The summed E-state index contributed by atoms with van der Waals surface area (Å²) in [6.07, 6.45) is 3.79. The standard InChI is InChI=1S/C23H24ClFN4OS/c24-17-5-3-4-16(12-17)14-31-23-27-26-22-28(13-15-8-10-18(25)11-9-15)21(30)19-6-1-2-7-20(19)29(22)23/h3-5,8-12,19-20,22,26H,1-2,6-7,13-14H2. The third-order valence-corrected chi connectivity index (χ3v) is 7.54. The second-order valence-corrected chi connectivity index (χ2v) is 9.65. The molecule has 2 fully saturated rings. The monoisotopic (exact) mass is 458 g/mol. The first-order valence-corrected chi connectivity index (χ1v) is 12.0. The smallest absolute Gasteiger partial charge is 0.231 e. The fourth-order valence-corrected chi connectivity index (χ4v) is 5.97. The lowest BCUT2D eigenvalue weighted by Crippen LogP contribution is -2.66. The molecule has 0 aromatic heterocycles. The van der Waals surface area contributed by atoms with Crippen LogP contribution in [-0.2, 0) is 17.1 Å². The maximum atomic E-state index is 13.4. The number of amides is 1. The number of amidine groups is 1. The SMILES string of the molecule is O=C1C2CCCCC2N2C(SCc3cccc(Cl)c3)=NNC2N1Cc1ccc(F)cc1. The Morgan fingerprint density at radius 1 is 1.13 bits per heavy atom. The number of rotatable bonds is 4. The minimum atomic E-state index is -0.307. The molecule has 8 heteroatoms. The van der Waals surface area contributed by atoms with Gasteiger partial charge in [0.15, 0.2) is 11.5 Å². The number of carbonyl (C=O) groups is 1. The normalized spacial score (nSPS) is 25.0. The van der Waals surface area contributed by atoms with Gasteiger partial charge in [-0.05, 0) is 48.2 Å². The van der Waals surface area contributed by atoms with E-state index >= 15 is 0 Å². The first kappa shape index (κ1) is 20.6. The molecule has 1 saturated heterocycles. The second-order valence-electron chi connectivity index (χ2n) is 8.27. The van der Waals surface area contributed by atoms with Crippen molar-refractivity contribution in [1.29, 1.82) is 0 Å². The second kappa shape index (κ2) is 8.71. The van der Waals surface area contributed by atoms with E-state index in [1.54, 1.807) is 23.9 Å². The molecule has 2 aromatic carbocycles. The molecule has 2 aromatic rings. The lowest BCUT2D eigenvalue weighted by molar-refractivity contribution is -0.156. The fourth-order valence-electron chi connectivity index (χ4n) is 4.78. The van der Waals surface area contributed by atoms with Crippen molar-refractivity contribution in [2.45, 2.75) is 50.3 Å². The van der Waals surface area contributed by atoms with Crippen LogP contribution in [0.1, 0.15) is 36.8 Å². The number of benzene rings is 2. The summed E-state index contributed by atoms with van der Waals surface area (Å²) >= 11 is 7.80. The molecule has 2 aliphatic heterocycles. The van der Waals surface area contributed by atoms with Crippen molar-refractivity contribution in [3.8, 4) is 0 Å². The van der Waals surface area contributed by atoms with Crippen molar-refractivity contribution in [3.05, 3.63) is 70.5 Å². The van der Waals surface area contributed by atoms with Gasteiger partial charge in [-0.25, -0.2) is 4.39 Å². The average Bonchev–Trinajstić information content (AvgIpc) is 3.21. The van der Waals surface area contributed by atoms with E-state index in [1.807, 2.05) is 23.1 Å². The summed E-state index contributed by atoms with van der Waals surface area (Å²) in [5, 5.41) is 6.26. The van der Waals surface area contributed by atoms with Gasteiger partial charge in [-0.2, -0.15) is 5.10 Å². The van der Waals surface area contributed by atoms with E-state index < -0.39 is 0 Å². The van der Waals surface area contributed by atoms with Gasteiger partial charge < -0.3 is 4.90 Å². The van der Waals surface area contributed by atoms with E-state index in [0.29, 0.717) is 6.54 Å². The van der Waals surface area contributed by atoms with E-state index in [4.69, 9.17) is 11.6 Å². The van der Waals surface area contributed by atoms with Crippen molar-refractivity contribution < 1.29 is 9.18 Å². The molecular weight excluding hydrogens is 435 g/mol. The van der Waals surface area contributed by atoms with E-state index in [1.165, 1.54) is 12.1 Å². The first-order chi connectivity index (χ1) is 15.1. The summed E-state index contributed by atoms with van der Waals surface area (Å²) in [7, 11) is 0. The Morgan fingerprint density at radius 3 is 2.74 bits per heavy atom. The third kappa shape index (κ3) is 4.13. The molecular formula is C23H24ClFN4OS. The Hall–Kier alpha value is -2.25. The zero-order valence-corrected chi connectivity index (χ0v) is 18.6. The van der Waals surface area contributed by atoms with E-state index in [-0.39, 0.29) is 30.0 Å². The zero-order chi connectivity index (χ0) is 21.4. The quantitative estimate of drug-likeness (QED) is 0.716. The molecule has 1 aliphatic carbocycles. The highest BCUT2D eigenvalue weighted by Crippen LogP contribution is 2.39. The highest BCUT2D eigenvalue weighted by molar-refractivity contribution is 8.13. The van der Waals surface area contributed by atoms with Crippen molar-refractivity contribution >= 4 is 34.4 Å². The Labute approximate surface area is 190 Å². The number of hydrogen-bond donors (Lipinski definition) is 1.